The van der Waals surface area contributed by atoms with E-state index in [0.717, 1.165) is 40.6 Å². The molecule has 0 aliphatic carbocycles. The standard InChI is InChI=1S/C23H24ClN3O2/c1-2-15-5-3-4-6-20(15)26-23(29)17-11-22(28)27(14-17)10-9-16-13-25-21-8-7-18(24)12-19(16)21/h3-8,12-13,17,25H,2,9-11,14H2,1H3,(H,26,29)/t17-/m1/s1. The quantitative estimate of drug-likeness (QED) is 0.633. The molecule has 150 valence electrons. The molecule has 0 spiro atoms. The maximum absolute atomic E-state index is 12.7. The van der Waals surface area contributed by atoms with Gasteiger partial charge in [0.05, 0.1) is 5.92 Å². The molecule has 1 aliphatic heterocycles. The van der Waals surface area contributed by atoms with Crippen LogP contribution >= 0.6 is 11.6 Å². The second-order valence-electron chi connectivity index (χ2n) is 7.49. The van der Waals surface area contributed by atoms with Crippen LogP contribution in [0.25, 0.3) is 10.9 Å². The Balaban J connectivity index is 1.38. The summed E-state index contributed by atoms with van der Waals surface area (Å²) in [5.41, 5.74) is 4.09. The summed E-state index contributed by atoms with van der Waals surface area (Å²) in [6.07, 6.45) is 3.80. The fourth-order valence-corrected chi connectivity index (χ4v) is 4.13. The van der Waals surface area contributed by atoms with Crippen molar-refractivity contribution in [3.63, 3.8) is 0 Å². The maximum Gasteiger partial charge on any atom is 0.229 e. The number of fused-ring (bicyclic) bond motifs is 1. The van der Waals surface area contributed by atoms with E-state index in [1.807, 2.05) is 48.7 Å². The van der Waals surface area contributed by atoms with Crippen molar-refractivity contribution in [2.75, 3.05) is 18.4 Å². The fourth-order valence-electron chi connectivity index (χ4n) is 3.96. The van der Waals surface area contributed by atoms with Gasteiger partial charge in [0.2, 0.25) is 11.8 Å². The van der Waals surface area contributed by atoms with Crippen molar-refractivity contribution < 1.29 is 9.59 Å². The molecule has 0 unspecified atom stereocenters. The Morgan fingerprint density at radius 1 is 1.24 bits per heavy atom. The molecule has 1 aliphatic rings. The van der Waals surface area contributed by atoms with Crippen LogP contribution in [-0.4, -0.2) is 34.8 Å². The Hall–Kier alpha value is -2.79. The number of nitrogens with one attached hydrogen (secondary N) is 2. The van der Waals surface area contributed by atoms with Gasteiger partial charge in [-0.3, -0.25) is 9.59 Å². The van der Waals surface area contributed by atoms with Gasteiger partial charge < -0.3 is 15.2 Å². The number of benzene rings is 2. The van der Waals surface area contributed by atoms with Crippen LogP contribution in [0.1, 0.15) is 24.5 Å². The fraction of sp³-hybridized carbons (Fsp3) is 0.304. The highest BCUT2D eigenvalue weighted by Gasteiger charge is 2.34. The van der Waals surface area contributed by atoms with Crippen LogP contribution in [-0.2, 0) is 22.4 Å². The molecular formula is C23H24ClN3O2. The first-order valence-electron chi connectivity index (χ1n) is 9.97. The van der Waals surface area contributed by atoms with Gasteiger partial charge in [0.15, 0.2) is 0 Å². The van der Waals surface area contributed by atoms with Crippen LogP contribution in [0.4, 0.5) is 5.69 Å². The highest BCUT2D eigenvalue weighted by atomic mass is 35.5. The Kier molecular flexibility index (Phi) is 5.58. The molecule has 5 nitrogen and oxygen atoms in total. The van der Waals surface area contributed by atoms with Gasteiger partial charge in [-0.15, -0.1) is 0 Å². The number of halogens is 1. The van der Waals surface area contributed by atoms with Crippen LogP contribution in [0.2, 0.25) is 5.02 Å². The number of aryl methyl sites for hydroxylation is 1. The molecule has 2 aromatic carbocycles. The highest BCUT2D eigenvalue weighted by molar-refractivity contribution is 6.31. The number of nitrogens with zero attached hydrogens (tertiary/aromatic N) is 1. The Morgan fingerprint density at radius 2 is 2.07 bits per heavy atom. The van der Waals surface area contributed by atoms with E-state index in [9.17, 15) is 9.59 Å². The first-order chi connectivity index (χ1) is 14.0. The second-order valence-corrected chi connectivity index (χ2v) is 7.93. The number of rotatable bonds is 6. The molecular weight excluding hydrogens is 386 g/mol. The van der Waals surface area contributed by atoms with Gasteiger partial charge in [0, 0.05) is 47.3 Å². The Labute approximate surface area is 175 Å². The third-order valence-corrected chi connectivity index (χ3v) is 5.86. The zero-order chi connectivity index (χ0) is 20.4. The summed E-state index contributed by atoms with van der Waals surface area (Å²) in [4.78, 5) is 30.2. The molecule has 0 radical (unpaired) electrons. The third kappa shape index (κ3) is 4.15. The van der Waals surface area contributed by atoms with E-state index in [2.05, 4.69) is 17.2 Å². The van der Waals surface area contributed by atoms with Gasteiger partial charge in [-0.25, -0.2) is 0 Å². The summed E-state index contributed by atoms with van der Waals surface area (Å²) < 4.78 is 0. The van der Waals surface area contributed by atoms with Crippen LogP contribution in [0.15, 0.2) is 48.7 Å². The van der Waals surface area contributed by atoms with Gasteiger partial charge in [0.1, 0.15) is 0 Å². The average molecular weight is 410 g/mol. The lowest BCUT2D eigenvalue weighted by Crippen LogP contribution is -2.30. The molecule has 2 amide bonds. The van der Waals surface area contributed by atoms with Crippen LogP contribution in [0, 0.1) is 5.92 Å². The Bertz CT molecular complexity index is 1060. The minimum absolute atomic E-state index is 0.0341. The minimum Gasteiger partial charge on any atom is -0.361 e. The first-order valence-corrected chi connectivity index (χ1v) is 10.3. The highest BCUT2D eigenvalue weighted by Crippen LogP contribution is 2.25. The first kappa shape index (κ1) is 19.5. The lowest BCUT2D eigenvalue weighted by molar-refractivity contribution is -0.128. The van der Waals surface area contributed by atoms with Crippen molar-refractivity contribution in [1.82, 2.24) is 9.88 Å². The molecule has 3 aromatic rings. The van der Waals surface area contributed by atoms with E-state index in [1.165, 1.54) is 0 Å². The molecule has 1 fully saturated rings. The summed E-state index contributed by atoms with van der Waals surface area (Å²) in [6, 6.07) is 13.5. The number of aromatic nitrogens is 1. The molecule has 6 heteroatoms. The van der Waals surface area contributed by atoms with E-state index in [0.29, 0.717) is 18.1 Å². The van der Waals surface area contributed by atoms with E-state index in [1.54, 1.807) is 4.90 Å². The number of anilines is 1. The van der Waals surface area contributed by atoms with E-state index in [4.69, 9.17) is 11.6 Å². The van der Waals surface area contributed by atoms with Crippen molar-refractivity contribution in [3.8, 4) is 0 Å². The smallest absolute Gasteiger partial charge is 0.229 e. The van der Waals surface area contributed by atoms with Crippen molar-refractivity contribution >= 4 is 40.0 Å². The lowest BCUT2D eigenvalue weighted by Gasteiger charge is -2.17. The van der Waals surface area contributed by atoms with E-state index in [-0.39, 0.29) is 24.2 Å². The van der Waals surface area contributed by atoms with E-state index >= 15 is 0 Å². The molecule has 2 N–H and O–H groups in total. The largest absolute Gasteiger partial charge is 0.361 e. The van der Waals surface area contributed by atoms with E-state index < -0.39 is 0 Å². The Morgan fingerprint density at radius 3 is 2.90 bits per heavy atom. The predicted octanol–water partition coefficient (Wildman–Crippen LogP) is 4.41. The van der Waals surface area contributed by atoms with Crippen LogP contribution < -0.4 is 5.32 Å². The molecule has 1 saturated heterocycles. The van der Waals surface area contributed by atoms with Gasteiger partial charge in [0.25, 0.3) is 0 Å². The van der Waals surface area contributed by atoms with Gasteiger partial charge in [-0.1, -0.05) is 36.7 Å². The number of carbonyl (C=O) groups is 2. The van der Waals surface area contributed by atoms with Crippen molar-refractivity contribution in [2.45, 2.75) is 26.2 Å². The summed E-state index contributed by atoms with van der Waals surface area (Å²) in [5, 5.41) is 4.78. The summed E-state index contributed by atoms with van der Waals surface area (Å²) in [7, 11) is 0. The number of carbonyl (C=O) groups excluding carboxylic acids is 2. The summed E-state index contributed by atoms with van der Waals surface area (Å²) >= 11 is 6.12. The summed E-state index contributed by atoms with van der Waals surface area (Å²) in [5.74, 6) is -0.364. The predicted molar refractivity (Wildman–Crippen MR) is 116 cm³/mol. The normalized spacial score (nSPS) is 16.6. The number of likely N-dealkylation sites (tertiary alicyclic amines) is 1. The van der Waals surface area contributed by atoms with Gasteiger partial charge in [-0.2, -0.15) is 0 Å². The molecule has 2 heterocycles. The lowest BCUT2D eigenvalue weighted by atomic mass is 10.1. The molecule has 4 rings (SSSR count). The monoisotopic (exact) mass is 409 g/mol. The van der Waals surface area contributed by atoms with Crippen molar-refractivity contribution in [2.24, 2.45) is 5.92 Å². The number of hydrogen-bond acceptors (Lipinski definition) is 2. The van der Waals surface area contributed by atoms with Crippen molar-refractivity contribution in [1.29, 1.82) is 0 Å². The topological polar surface area (TPSA) is 65.2 Å². The molecule has 0 saturated carbocycles. The zero-order valence-corrected chi connectivity index (χ0v) is 17.1. The number of amides is 2. The molecule has 1 aromatic heterocycles. The number of hydrogen-bond donors (Lipinski definition) is 2. The van der Waals surface area contributed by atoms with Gasteiger partial charge >= 0.3 is 0 Å². The number of para-hydroxylation sites is 1. The zero-order valence-electron chi connectivity index (χ0n) is 16.4. The van der Waals surface area contributed by atoms with Crippen LogP contribution in [0.3, 0.4) is 0 Å². The molecule has 29 heavy (non-hydrogen) atoms. The SMILES string of the molecule is CCc1ccccc1NC(=O)[C@@H]1CC(=O)N(CCc2c[nH]c3ccc(Cl)cc23)C1. The molecule has 1 atom stereocenters. The average Bonchev–Trinajstić information content (AvgIpc) is 3.29. The minimum atomic E-state index is -0.315. The second kappa shape index (κ2) is 8.29. The van der Waals surface area contributed by atoms with Crippen LogP contribution in [0.5, 0.6) is 0 Å². The van der Waals surface area contributed by atoms with Crippen molar-refractivity contribution in [3.05, 3.63) is 64.8 Å². The third-order valence-electron chi connectivity index (χ3n) is 5.62. The summed E-state index contributed by atoms with van der Waals surface area (Å²) in [6.45, 7) is 3.11. The maximum atomic E-state index is 12.7. The number of H-pyrrole nitrogens is 1. The number of aromatic amines is 1. The van der Waals surface area contributed by atoms with Gasteiger partial charge in [-0.05, 0) is 48.2 Å². The molecule has 0 bridgehead atoms.